The first-order valence-electron chi connectivity index (χ1n) is 7.43. The molecule has 0 aromatic rings. The van der Waals surface area contributed by atoms with Crippen molar-refractivity contribution in [3.63, 3.8) is 0 Å². The summed E-state index contributed by atoms with van der Waals surface area (Å²) in [4.78, 5) is -0.161. The number of hydrogen-bond acceptors (Lipinski definition) is 1. The van der Waals surface area contributed by atoms with Crippen LogP contribution in [-0.4, -0.2) is 11.4 Å². The maximum atomic E-state index is 6.64. The molecule has 1 fully saturated rings. The van der Waals surface area contributed by atoms with Crippen LogP contribution in [0.5, 0.6) is 0 Å². The molecule has 106 valence electrons. The van der Waals surface area contributed by atoms with E-state index in [9.17, 15) is 0 Å². The minimum absolute atomic E-state index is 0.161. The second kappa shape index (κ2) is 6.43. The predicted molar refractivity (Wildman–Crippen MR) is 82.0 cm³/mol. The highest BCUT2D eigenvalue weighted by atomic mass is 35.5. The molecule has 2 heteroatoms. The van der Waals surface area contributed by atoms with Gasteiger partial charge in [0.1, 0.15) is 0 Å². The minimum Gasteiger partial charge on any atom is -0.330 e. The second-order valence-corrected chi connectivity index (χ2v) is 7.40. The number of nitrogens with two attached hydrogens (primary N) is 1. The number of allylic oxidation sites excluding steroid dienone is 2. The van der Waals surface area contributed by atoms with Gasteiger partial charge in [-0.2, -0.15) is 0 Å². The predicted octanol–water partition coefficient (Wildman–Crippen LogP) is 4.74. The Balaban J connectivity index is 2.95. The highest BCUT2D eigenvalue weighted by Gasteiger charge is 2.36. The van der Waals surface area contributed by atoms with Gasteiger partial charge in [0.05, 0.1) is 0 Å². The molecule has 0 heterocycles. The first-order chi connectivity index (χ1) is 8.32. The molecule has 3 unspecified atom stereocenters. The molecule has 1 nitrogen and oxygen atoms in total. The van der Waals surface area contributed by atoms with E-state index in [4.69, 9.17) is 17.3 Å². The Labute approximate surface area is 118 Å². The second-order valence-electron chi connectivity index (χ2n) is 6.42. The van der Waals surface area contributed by atoms with Crippen LogP contribution in [0, 0.1) is 17.8 Å². The van der Waals surface area contributed by atoms with Gasteiger partial charge in [0.2, 0.25) is 0 Å². The van der Waals surface area contributed by atoms with E-state index in [0.29, 0.717) is 5.92 Å². The summed E-state index contributed by atoms with van der Waals surface area (Å²) in [5, 5.41) is 0. The fourth-order valence-electron chi connectivity index (χ4n) is 3.27. The Morgan fingerprint density at radius 1 is 1.44 bits per heavy atom. The topological polar surface area (TPSA) is 26.0 Å². The molecule has 1 aliphatic rings. The molecule has 0 aliphatic heterocycles. The van der Waals surface area contributed by atoms with Crippen LogP contribution in [0.15, 0.2) is 11.1 Å². The molecular weight excluding hydrogens is 242 g/mol. The summed E-state index contributed by atoms with van der Waals surface area (Å²) in [6.07, 6.45) is 4.61. The molecule has 0 amide bonds. The first-order valence-corrected chi connectivity index (χ1v) is 7.81. The SMILES string of the molecule is CC/C(=C1\CC(C)C1C)C(CCCN)C(C)(C)Cl. The number of alkyl halides is 1. The fraction of sp³-hybridized carbons (Fsp3) is 0.875. The van der Waals surface area contributed by atoms with E-state index in [1.54, 1.807) is 11.1 Å². The Morgan fingerprint density at radius 3 is 2.39 bits per heavy atom. The molecule has 3 atom stereocenters. The average molecular weight is 272 g/mol. The Bertz CT molecular complexity index is 301. The van der Waals surface area contributed by atoms with Crippen molar-refractivity contribution < 1.29 is 0 Å². The van der Waals surface area contributed by atoms with Crippen molar-refractivity contribution in [3.05, 3.63) is 11.1 Å². The zero-order chi connectivity index (χ0) is 13.9. The summed E-state index contributed by atoms with van der Waals surface area (Å²) in [5.74, 6) is 2.08. The van der Waals surface area contributed by atoms with Crippen LogP contribution in [0.1, 0.15) is 60.3 Å². The molecule has 0 saturated heterocycles. The third kappa shape index (κ3) is 3.51. The Morgan fingerprint density at radius 2 is 2.06 bits per heavy atom. The summed E-state index contributed by atoms with van der Waals surface area (Å²) in [6.45, 7) is 12.1. The highest BCUT2D eigenvalue weighted by Crippen LogP contribution is 2.47. The summed E-state index contributed by atoms with van der Waals surface area (Å²) < 4.78 is 0. The van der Waals surface area contributed by atoms with E-state index >= 15 is 0 Å². The monoisotopic (exact) mass is 271 g/mol. The number of rotatable bonds is 6. The lowest BCUT2D eigenvalue weighted by Crippen LogP contribution is -2.33. The third-order valence-corrected chi connectivity index (χ3v) is 4.95. The van der Waals surface area contributed by atoms with Crippen molar-refractivity contribution in [1.82, 2.24) is 0 Å². The normalized spacial score (nSPS) is 28.8. The lowest BCUT2D eigenvalue weighted by molar-refractivity contribution is 0.305. The van der Waals surface area contributed by atoms with Crippen molar-refractivity contribution in [2.75, 3.05) is 6.54 Å². The molecule has 2 N–H and O–H groups in total. The standard InChI is InChI=1S/C16H30ClN/c1-6-13(14-10-11(2)12(14)3)15(8-7-9-18)16(4,5)17/h11-12,15H,6-10,18H2,1-5H3/b14-13-. The zero-order valence-corrected chi connectivity index (χ0v) is 13.5. The molecule has 1 aliphatic carbocycles. The van der Waals surface area contributed by atoms with Crippen LogP contribution in [-0.2, 0) is 0 Å². The highest BCUT2D eigenvalue weighted by molar-refractivity contribution is 6.23. The van der Waals surface area contributed by atoms with E-state index < -0.39 is 0 Å². The largest absolute Gasteiger partial charge is 0.330 e. The van der Waals surface area contributed by atoms with Gasteiger partial charge in [-0.3, -0.25) is 0 Å². The Hall–Kier alpha value is -0.0100. The Kier molecular flexibility index (Phi) is 5.73. The quantitative estimate of drug-likeness (QED) is 0.548. The van der Waals surface area contributed by atoms with Crippen LogP contribution in [0.2, 0.25) is 0 Å². The van der Waals surface area contributed by atoms with Gasteiger partial charge in [-0.1, -0.05) is 31.9 Å². The van der Waals surface area contributed by atoms with Gasteiger partial charge >= 0.3 is 0 Å². The van der Waals surface area contributed by atoms with E-state index in [0.717, 1.165) is 37.6 Å². The maximum Gasteiger partial charge on any atom is 0.0455 e. The molecule has 0 aromatic carbocycles. The fourth-order valence-corrected chi connectivity index (χ4v) is 3.51. The van der Waals surface area contributed by atoms with E-state index in [-0.39, 0.29) is 4.87 Å². The van der Waals surface area contributed by atoms with E-state index in [1.165, 1.54) is 6.42 Å². The lowest BCUT2D eigenvalue weighted by atomic mass is 9.65. The molecule has 0 spiro atoms. The molecule has 1 rings (SSSR count). The van der Waals surface area contributed by atoms with Crippen molar-refractivity contribution in [2.24, 2.45) is 23.5 Å². The molecule has 1 saturated carbocycles. The molecule has 0 radical (unpaired) electrons. The van der Waals surface area contributed by atoms with Gasteiger partial charge < -0.3 is 5.73 Å². The van der Waals surface area contributed by atoms with Crippen LogP contribution in [0.4, 0.5) is 0 Å². The van der Waals surface area contributed by atoms with E-state index in [1.807, 2.05) is 0 Å². The third-order valence-electron chi connectivity index (χ3n) is 4.68. The van der Waals surface area contributed by atoms with Crippen molar-refractivity contribution in [3.8, 4) is 0 Å². The smallest absolute Gasteiger partial charge is 0.0455 e. The van der Waals surface area contributed by atoms with Crippen molar-refractivity contribution in [1.29, 1.82) is 0 Å². The number of halogens is 1. The lowest BCUT2D eigenvalue weighted by Gasteiger charge is -2.41. The van der Waals surface area contributed by atoms with Gasteiger partial charge in [-0.05, 0) is 63.8 Å². The minimum atomic E-state index is -0.161. The van der Waals surface area contributed by atoms with Crippen LogP contribution in [0.3, 0.4) is 0 Å². The van der Waals surface area contributed by atoms with E-state index in [2.05, 4.69) is 34.6 Å². The molecule has 0 aromatic heterocycles. The van der Waals surface area contributed by atoms with Gasteiger partial charge in [-0.15, -0.1) is 11.6 Å². The maximum absolute atomic E-state index is 6.64. The van der Waals surface area contributed by atoms with Gasteiger partial charge in [0, 0.05) is 4.87 Å². The average Bonchev–Trinajstić information content (AvgIpc) is 2.30. The summed E-state index contributed by atoms with van der Waals surface area (Å²) in [6, 6.07) is 0. The summed E-state index contributed by atoms with van der Waals surface area (Å²) >= 11 is 6.64. The zero-order valence-electron chi connectivity index (χ0n) is 12.7. The van der Waals surface area contributed by atoms with Gasteiger partial charge in [-0.25, -0.2) is 0 Å². The summed E-state index contributed by atoms with van der Waals surface area (Å²) in [5.41, 5.74) is 8.98. The molecular formula is C16H30ClN. The van der Waals surface area contributed by atoms with Gasteiger partial charge in [0.15, 0.2) is 0 Å². The first kappa shape index (κ1) is 16.0. The number of hydrogen-bond donors (Lipinski definition) is 1. The van der Waals surface area contributed by atoms with Crippen LogP contribution in [0.25, 0.3) is 0 Å². The van der Waals surface area contributed by atoms with Gasteiger partial charge in [0.25, 0.3) is 0 Å². The van der Waals surface area contributed by atoms with Crippen molar-refractivity contribution in [2.45, 2.75) is 65.2 Å². The molecule has 18 heavy (non-hydrogen) atoms. The van der Waals surface area contributed by atoms with Crippen LogP contribution < -0.4 is 5.73 Å². The molecule has 0 bridgehead atoms. The summed E-state index contributed by atoms with van der Waals surface area (Å²) in [7, 11) is 0. The van der Waals surface area contributed by atoms with Crippen molar-refractivity contribution >= 4 is 11.6 Å². The van der Waals surface area contributed by atoms with Crippen LogP contribution >= 0.6 is 11.6 Å².